The van der Waals surface area contributed by atoms with Gasteiger partial charge in [-0.25, -0.2) is 0 Å². The predicted molar refractivity (Wildman–Crippen MR) is 59.3 cm³/mol. The minimum Gasteiger partial charge on any atom is -0.264 e. The van der Waals surface area contributed by atoms with Crippen molar-refractivity contribution in [2.24, 2.45) is 5.92 Å². The summed E-state index contributed by atoms with van der Waals surface area (Å²) in [5.41, 5.74) is 2.37. The van der Waals surface area contributed by atoms with Gasteiger partial charge in [0.1, 0.15) is 0 Å². The van der Waals surface area contributed by atoms with Crippen molar-refractivity contribution < 1.29 is 0 Å². The molecule has 1 aromatic heterocycles. The molecule has 0 aliphatic carbocycles. The van der Waals surface area contributed by atoms with E-state index in [0.717, 1.165) is 12.2 Å². The van der Waals surface area contributed by atoms with E-state index >= 15 is 0 Å². The first-order valence-corrected chi connectivity index (χ1v) is 5.10. The molecule has 14 heavy (non-hydrogen) atoms. The Balaban J connectivity index is 2.55. The van der Waals surface area contributed by atoms with Crippen LogP contribution >= 0.6 is 0 Å². The van der Waals surface area contributed by atoms with Crippen LogP contribution in [0.1, 0.15) is 19.5 Å². The number of aryl methyl sites for hydroxylation is 1. The van der Waals surface area contributed by atoms with Crippen LogP contribution in [0.3, 0.4) is 0 Å². The molecule has 0 saturated heterocycles. The highest BCUT2D eigenvalue weighted by Crippen LogP contribution is 2.18. The summed E-state index contributed by atoms with van der Waals surface area (Å²) >= 11 is 0. The highest BCUT2D eigenvalue weighted by atomic mass is 15.3. The summed E-state index contributed by atoms with van der Waals surface area (Å²) in [7, 11) is 0. The van der Waals surface area contributed by atoms with Gasteiger partial charge in [0.15, 0.2) is 0 Å². The van der Waals surface area contributed by atoms with E-state index in [2.05, 4.69) is 54.8 Å². The summed E-state index contributed by atoms with van der Waals surface area (Å²) in [5, 5.41) is 5.82. The molecule has 2 heteroatoms. The maximum Gasteiger partial charge on any atom is 0.0685 e. The molecule has 2 rings (SSSR count). The Morgan fingerprint density at radius 3 is 2.71 bits per heavy atom. The van der Waals surface area contributed by atoms with Crippen LogP contribution < -0.4 is 0 Å². The van der Waals surface area contributed by atoms with E-state index in [0.29, 0.717) is 5.92 Å². The van der Waals surface area contributed by atoms with Crippen molar-refractivity contribution in [2.75, 3.05) is 0 Å². The van der Waals surface area contributed by atoms with Gasteiger partial charge in [0.05, 0.1) is 11.2 Å². The summed E-state index contributed by atoms with van der Waals surface area (Å²) in [5.74, 6) is 0.637. The molecule has 0 unspecified atom stereocenters. The summed E-state index contributed by atoms with van der Waals surface area (Å²) in [4.78, 5) is 0. The number of nitrogens with zero attached hydrogens (tertiary/aromatic N) is 2. The van der Waals surface area contributed by atoms with Crippen molar-refractivity contribution in [1.29, 1.82) is 0 Å². The average molecular weight is 188 g/mol. The van der Waals surface area contributed by atoms with Gasteiger partial charge in [-0.15, -0.1) is 0 Å². The normalized spacial score (nSPS) is 11.4. The largest absolute Gasteiger partial charge is 0.264 e. The quantitative estimate of drug-likeness (QED) is 0.708. The van der Waals surface area contributed by atoms with E-state index in [1.54, 1.807) is 0 Å². The van der Waals surface area contributed by atoms with Crippen molar-refractivity contribution in [2.45, 2.75) is 27.3 Å². The van der Waals surface area contributed by atoms with E-state index in [-0.39, 0.29) is 0 Å². The predicted octanol–water partition coefficient (Wildman–Crippen LogP) is 3.00. The van der Waals surface area contributed by atoms with Gasteiger partial charge in [-0.05, 0) is 18.9 Å². The molecule has 2 nitrogen and oxygen atoms in total. The van der Waals surface area contributed by atoms with Crippen molar-refractivity contribution in [3.8, 4) is 0 Å². The maximum atomic E-state index is 4.55. The Labute approximate surface area is 84.5 Å². The van der Waals surface area contributed by atoms with Crippen LogP contribution in [-0.4, -0.2) is 9.78 Å². The highest BCUT2D eigenvalue weighted by Gasteiger charge is 2.06. The lowest BCUT2D eigenvalue weighted by Crippen LogP contribution is -2.05. The van der Waals surface area contributed by atoms with Crippen molar-refractivity contribution in [1.82, 2.24) is 9.78 Å². The molecule has 2 aromatic rings. The number of para-hydroxylation sites is 1. The zero-order valence-electron chi connectivity index (χ0n) is 8.99. The van der Waals surface area contributed by atoms with Crippen LogP contribution in [0.5, 0.6) is 0 Å². The third-order valence-electron chi connectivity index (χ3n) is 2.38. The Morgan fingerprint density at radius 2 is 2.00 bits per heavy atom. The van der Waals surface area contributed by atoms with E-state index in [4.69, 9.17) is 0 Å². The molecule has 0 fully saturated rings. The zero-order valence-corrected chi connectivity index (χ0v) is 8.99. The first-order chi connectivity index (χ1) is 6.68. The van der Waals surface area contributed by atoms with Crippen molar-refractivity contribution >= 4 is 10.9 Å². The Kier molecular flexibility index (Phi) is 2.28. The molecule has 1 heterocycles. The Morgan fingerprint density at radius 1 is 1.29 bits per heavy atom. The SMILES string of the molecule is Cc1nn(CC(C)C)c2ccccc12. The molecule has 74 valence electrons. The fourth-order valence-corrected chi connectivity index (χ4v) is 1.78. The van der Waals surface area contributed by atoms with Gasteiger partial charge in [0.2, 0.25) is 0 Å². The van der Waals surface area contributed by atoms with Crippen molar-refractivity contribution in [3.63, 3.8) is 0 Å². The monoisotopic (exact) mass is 188 g/mol. The van der Waals surface area contributed by atoms with E-state index in [9.17, 15) is 0 Å². The zero-order chi connectivity index (χ0) is 10.1. The molecule has 0 saturated carbocycles. The topological polar surface area (TPSA) is 17.8 Å². The third kappa shape index (κ3) is 1.52. The first kappa shape index (κ1) is 9.25. The lowest BCUT2D eigenvalue weighted by Gasteiger charge is -2.05. The summed E-state index contributed by atoms with van der Waals surface area (Å²) < 4.78 is 2.11. The molecule has 0 radical (unpaired) electrons. The second kappa shape index (κ2) is 3.45. The van der Waals surface area contributed by atoms with Gasteiger partial charge in [0.25, 0.3) is 0 Å². The summed E-state index contributed by atoms with van der Waals surface area (Å²) in [6, 6.07) is 8.41. The maximum absolute atomic E-state index is 4.55. The van der Waals surface area contributed by atoms with Gasteiger partial charge >= 0.3 is 0 Å². The Hall–Kier alpha value is -1.31. The van der Waals surface area contributed by atoms with Gasteiger partial charge in [0, 0.05) is 11.9 Å². The molecule has 0 spiro atoms. The van der Waals surface area contributed by atoms with Gasteiger partial charge < -0.3 is 0 Å². The average Bonchev–Trinajstić information content (AvgIpc) is 2.44. The van der Waals surface area contributed by atoms with Crippen molar-refractivity contribution in [3.05, 3.63) is 30.0 Å². The lowest BCUT2D eigenvalue weighted by atomic mass is 10.2. The molecule has 0 aliphatic heterocycles. The molecule has 0 bridgehead atoms. The molecule has 1 aromatic carbocycles. The standard InChI is InChI=1S/C12H16N2/c1-9(2)8-14-12-7-5-4-6-11(12)10(3)13-14/h4-7,9H,8H2,1-3H3. The van der Waals surface area contributed by atoms with Crippen LogP contribution in [0.25, 0.3) is 10.9 Å². The van der Waals surface area contributed by atoms with E-state index in [1.807, 2.05) is 0 Å². The van der Waals surface area contributed by atoms with Crippen LogP contribution in [0.2, 0.25) is 0 Å². The van der Waals surface area contributed by atoms with Crippen LogP contribution in [-0.2, 0) is 6.54 Å². The number of hydrogen-bond donors (Lipinski definition) is 0. The second-order valence-electron chi connectivity index (χ2n) is 4.18. The first-order valence-electron chi connectivity index (χ1n) is 5.10. The van der Waals surface area contributed by atoms with Crippen LogP contribution in [0.4, 0.5) is 0 Å². The molecule has 0 amide bonds. The second-order valence-corrected chi connectivity index (χ2v) is 4.18. The van der Waals surface area contributed by atoms with Gasteiger partial charge in [-0.2, -0.15) is 5.10 Å². The number of rotatable bonds is 2. The molecular weight excluding hydrogens is 172 g/mol. The number of fused-ring (bicyclic) bond motifs is 1. The van der Waals surface area contributed by atoms with Gasteiger partial charge in [-0.3, -0.25) is 4.68 Å². The van der Waals surface area contributed by atoms with E-state index in [1.165, 1.54) is 10.9 Å². The fraction of sp³-hybridized carbons (Fsp3) is 0.417. The summed E-state index contributed by atoms with van der Waals surface area (Å²) in [6.45, 7) is 7.49. The van der Waals surface area contributed by atoms with Crippen LogP contribution in [0.15, 0.2) is 24.3 Å². The number of benzene rings is 1. The number of hydrogen-bond acceptors (Lipinski definition) is 1. The molecular formula is C12H16N2. The minimum absolute atomic E-state index is 0.637. The molecule has 0 atom stereocenters. The third-order valence-corrected chi connectivity index (χ3v) is 2.38. The molecule has 0 aliphatic rings. The van der Waals surface area contributed by atoms with Gasteiger partial charge in [-0.1, -0.05) is 32.0 Å². The highest BCUT2D eigenvalue weighted by molar-refractivity contribution is 5.81. The van der Waals surface area contributed by atoms with E-state index < -0.39 is 0 Å². The lowest BCUT2D eigenvalue weighted by molar-refractivity contribution is 0.493. The number of aromatic nitrogens is 2. The Bertz CT molecular complexity index is 441. The minimum atomic E-state index is 0.637. The fourth-order valence-electron chi connectivity index (χ4n) is 1.78. The summed E-state index contributed by atoms with van der Waals surface area (Å²) in [6.07, 6.45) is 0. The molecule has 0 N–H and O–H groups in total. The van der Waals surface area contributed by atoms with Crippen LogP contribution in [0, 0.1) is 12.8 Å². The smallest absolute Gasteiger partial charge is 0.0685 e.